The standard InChI is InChI=1S/C29H34ClN3OS.CH4N2/c1-21-6-4-7-23(18-21)19-28(29(34)33-16-13-22(12-15-31)14-17-33)32-35-25-9-5-8-24(20-25)26-10-2-3-11-27(26)30;2-1-3/h2-11,18,20,22,28,32H,12-17,19,31H2,1H3;1H,(H3,2,3). The average Bonchev–Trinajstić information content (AvgIpc) is 2.92. The number of hydrogen-bond acceptors (Lipinski definition) is 5. The number of nitrogens with zero attached hydrogens (tertiary/aromatic N) is 1. The fraction of sp³-hybridized carbons (Fsp3) is 0.333. The normalized spacial score (nSPS) is 14.3. The second-order valence-corrected chi connectivity index (χ2v) is 10.8. The molecule has 8 heteroatoms. The van der Waals surface area contributed by atoms with E-state index < -0.39 is 0 Å². The summed E-state index contributed by atoms with van der Waals surface area (Å²) in [4.78, 5) is 16.7. The van der Waals surface area contributed by atoms with Gasteiger partial charge >= 0.3 is 0 Å². The molecule has 0 aliphatic carbocycles. The molecule has 0 aromatic heterocycles. The van der Waals surface area contributed by atoms with Crippen molar-refractivity contribution < 1.29 is 4.79 Å². The van der Waals surface area contributed by atoms with Gasteiger partial charge in [-0.2, -0.15) is 0 Å². The number of halogens is 1. The highest BCUT2D eigenvalue weighted by atomic mass is 35.5. The molecule has 3 aromatic carbocycles. The monoisotopic (exact) mass is 551 g/mol. The lowest BCUT2D eigenvalue weighted by atomic mass is 9.93. The first-order chi connectivity index (χ1) is 18.4. The lowest BCUT2D eigenvalue weighted by Gasteiger charge is -2.34. The van der Waals surface area contributed by atoms with Gasteiger partial charge in [0.1, 0.15) is 6.04 Å². The van der Waals surface area contributed by atoms with Gasteiger partial charge in [-0.1, -0.05) is 71.8 Å². The summed E-state index contributed by atoms with van der Waals surface area (Å²) >= 11 is 7.93. The summed E-state index contributed by atoms with van der Waals surface area (Å²) in [6, 6.07) is 24.2. The molecule has 1 amide bonds. The lowest BCUT2D eigenvalue weighted by molar-refractivity contribution is -0.134. The SMILES string of the molecule is Cc1cccc(CC(NSc2cccc(-c3ccccc3Cl)c2)C(=O)N2CCC(CCN)CC2)c1.N=CN. The molecule has 1 fully saturated rings. The zero-order chi connectivity index (χ0) is 27.3. The van der Waals surface area contributed by atoms with Crippen molar-refractivity contribution in [1.29, 1.82) is 5.41 Å². The summed E-state index contributed by atoms with van der Waals surface area (Å²) in [7, 11) is 0. The van der Waals surface area contributed by atoms with E-state index in [0.717, 1.165) is 66.3 Å². The number of nitrogens with one attached hydrogen (secondary N) is 2. The van der Waals surface area contributed by atoms with Crippen LogP contribution in [0.5, 0.6) is 0 Å². The van der Waals surface area contributed by atoms with Crippen molar-refractivity contribution in [3.05, 3.63) is 88.9 Å². The molecule has 3 aromatic rings. The van der Waals surface area contributed by atoms with Crippen molar-refractivity contribution in [1.82, 2.24) is 9.62 Å². The average molecular weight is 552 g/mol. The molecule has 202 valence electrons. The van der Waals surface area contributed by atoms with Crippen LogP contribution in [0.1, 0.15) is 30.4 Å². The van der Waals surface area contributed by atoms with E-state index in [0.29, 0.717) is 12.3 Å². The number of rotatable bonds is 9. The molecule has 0 saturated carbocycles. The highest BCUT2D eigenvalue weighted by Gasteiger charge is 2.28. The predicted molar refractivity (Wildman–Crippen MR) is 160 cm³/mol. The number of piperidine rings is 1. The van der Waals surface area contributed by atoms with Crippen LogP contribution in [0.3, 0.4) is 0 Å². The van der Waals surface area contributed by atoms with E-state index in [1.165, 1.54) is 23.1 Å². The molecule has 1 aliphatic heterocycles. The summed E-state index contributed by atoms with van der Waals surface area (Å²) in [5.41, 5.74) is 14.6. The Morgan fingerprint density at radius 2 is 1.84 bits per heavy atom. The van der Waals surface area contributed by atoms with E-state index in [-0.39, 0.29) is 11.9 Å². The second-order valence-electron chi connectivity index (χ2n) is 9.49. The molecular formula is C30H38ClN5OS. The third-order valence-electron chi connectivity index (χ3n) is 6.66. The predicted octanol–water partition coefficient (Wildman–Crippen LogP) is 5.66. The van der Waals surface area contributed by atoms with Crippen molar-refractivity contribution in [3.8, 4) is 11.1 Å². The van der Waals surface area contributed by atoms with Gasteiger partial charge in [0, 0.05) is 28.6 Å². The molecule has 1 heterocycles. The summed E-state index contributed by atoms with van der Waals surface area (Å²) in [5, 5.41) is 6.59. The fourth-order valence-electron chi connectivity index (χ4n) is 4.71. The second kappa shape index (κ2) is 15.5. The third kappa shape index (κ3) is 8.88. The first-order valence-electron chi connectivity index (χ1n) is 13.0. The number of hydrogen-bond donors (Lipinski definition) is 4. The van der Waals surface area contributed by atoms with E-state index in [1.807, 2.05) is 35.2 Å². The maximum absolute atomic E-state index is 13.6. The van der Waals surface area contributed by atoms with Gasteiger partial charge in [-0.25, -0.2) is 4.72 Å². The number of aryl methyl sites for hydroxylation is 1. The summed E-state index contributed by atoms with van der Waals surface area (Å²) in [6.07, 6.45) is 4.52. The Kier molecular flexibility index (Phi) is 12.2. The minimum Gasteiger partial charge on any atom is -0.390 e. The lowest BCUT2D eigenvalue weighted by Crippen LogP contribution is -2.48. The molecule has 0 spiro atoms. The Bertz CT molecular complexity index is 1180. The maximum atomic E-state index is 13.6. The van der Waals surface area contributed by atoms with E-state index in [9.17, 15) is 4.79 Å². The Hall–Kier alpha value is -2.84. The van der Waals surface area contributed by atoms with Crippen LogP contribution in [0.15, 0.2) is 77.7 Å². The third-order valence-corrected chi connectivity index (χ3v) is 7.88. The molecule has 1 aliphatic rings. The van der Waals surface area contributed by atoms with Crippen molar-refractivity contribution in [2.75, 3.05) is 19.6 Å². The van der Waals surface area contributed by atoms with Crippen LogP contribution in [-0.4, -0.2) is 42.8 Å². The van der Waals surface area contributed by atoms with Gasteiger partial charge in [-0.15, -0.1) is 0 Å². The highest BCUT2D eigenvalue weighted by molar-refractivity contribution is 7.97. The Morgan fingerprint density at radius 3 is 2.53 bits per heavy atom. The van der Waals surface area contributed by atoms with Gasteiger partial charge in [0.15, 0.2) is 0 Å². The van der Waals surface area contributed by atoms with Crippen molar-refractivity contribution in [2.24, 2.45) is 17.4 Å². The zero-order valence-electron chi connectivity index (χ0n) is 21.9. The van der Waals surface area contributed by atoms with Crippen molar-refractivity contribution in [2.45, 2.75) is 43.5 Å². The van der Waals surface area contributed by atoms with Gasteiger partial charge in [0.2, 0.25) is 5.91 Å². The van der Waals surface area contributed by atoms with Crippen LogP contribution >= 0.6 is 23.5 Å². The van der Waals surface area contributed by atoms with Crippen LogP contribution in [0, 0.1) is 18.3 Å². The van der Waals surface area contributed by atoms with Gasteiger partial charge < -0.3 is 16.4 Å². The molecule has 1 atom stereocenters. The molecule has 6 N–H and O–H groups in total. The van der Waals surface area contributed by atoms with Gasteiger partial charge in [-0.05, 0) is 86.3 Å². The van der Waals surface area contributed by atoms with Crippen LogP contribution in [0.25, 0.3) is 11.1 Å². The largest absolute Gasteiger partial charge is 0.390 e. The van der Waals surface area contributed by atoms with Crippen LogP contribution < -0.4 is 16.2 Å². The smallest absolute Gasteiger partial charge is 0.240 e. The molecule has 1 unspecified atom stereocenters. The molecule has 38 heavy (non-hydrogen) atoms. The molecule has 6 nitrogen and oxygen atoms in total. The number of benzene rings is 3. The van der Waals surface area contributed by atoms with E-state index >= 15 is 0 Å². The van der Waals surface area contributed by atoms with Crippen molar-refractivity contribution in [3.63, 3.8) is 0 Å². The number of likely N-dealkylation sites (tertiary alicyclic amines) is 1. The number of carbonyl (C=O) groups is 1. The number of carbonyl (C=O) groups excluding carboxylic acids is 1. The van der Waals surface area contributed by atoms with Crippen LogP contribution in [0.2, 0.25) is 5.02 Å². The zero-order valence-corrected chi connectivity index (χ0v) is 23.5. The highest BCUT2D eigenvalue weighted by Crippen LogP contribution is 2.30. The molecular weight excluding hydrogens is 514 g/mol. The molecule has 0 bridgehead atoms. The number of nitrogens with two attached hydrogens (primary N) is 2. The Balaban J connectivity index is 0.00000127. The first kappa shape index (κ1) is 29.7. The minimum atomic E-state index is -0.308. The topological polar surface area (TPSA) is 108 Å². The first-order valence-corrected chi connectivity index (χ1v) is 14.2. The fourth-order valence-corrected chi connectivity index (χ4v) is 5.75. The summed E-state index contributed by atoms with van der Waals surface area (Å²) in [6.45, 7) is 4.43. The maximum Gasteiger partial charge on any atom is 0.240 e. The van der Waals surface area contributed by atoms with E-state index in [4.69, 9.17) is 22.7 Å². The van der Waals surface area contributed by atoms with Gasteiger partial charge in [0.25, 0.3) is 0 Å². The summed E-state index contributed by atoms with van der Waals surface area (Å²) < 4.78 is 3.50. The Morgan fingerprint density at radius 1 is 1.13 bits per heavy atom. The Labute approximate surface area is 235 Å². The van der Waals surface area contributed by atoms with E-state index in [1.54, 1.807) is 0 Å². The number of amides is 1. The molecule has 0 radical (unpaired) electrons. The molecule has 1 saturated heterocycles. The van der Waals surface area contributed by atoms with Crippen molar-refractivity contribution >= 4 is 35.8 Å². The quantitative estimate of drug-likeness (QED) is 0.156. The van der Waals surface area contributed by atoms with E-state index in [2.05, 4.69) is 59.8 Å². The summed E-state index contributed by atoms with van der Waals surface area (Å²) in [5.74, 6) is 0.807. The minimum absolute atomic E-state index is 0.174. The molecule has 4 rings (SSSR count). The van der Waals surface area contributed by atoms with Crippen LogP contribution in [-0.2, 0) is 11.2 Å². The van der Waals surface area contributed by atoms with Gasteiger partial charge in [-0.3, -0.25) is 10.2 Å². The van der Waals surface area contributed by atoms with Crippen LogP contribution in [0.4, 0.5) is 0 Å². The van der Waals surface area contributed by atoms with Gasteiger partial charge in [0.05, 0.1) is 6.34 Å².